The van der Waals surface area contributed by atoms with Gasteiger partial charge in [-0.2, -0.15) is 0 Å². The van der Waals surface area contributed by atoms with E-state index in [0.717, 1.165) is 11.3 Å². The van der Waals surface area contributed by atoms with Gasteiger partial charge in [-0.1, -0.05) is 0 Å². The van der Waals surface area contributed by atoms with Gasteiger partial charge >= 0.3 is 0 Å². The maximum Gasteiger partial charge on any atom is 0.271 e. The Bertz CT molecular complexity index is 649. The Kier molecular flexibility index (Phi) is 4.09. The molecule has 1 aromatic carbocycles. The van der Waals surface area contributed by atoms with Crippen molar-refractivity contribution in [2.75, 3.05) is 5.32 Å². The van der Waals surface area contributed by atoms with Crippen LogP contribution < -0.4 is 5.32 Å². The van der Waals surface area contributed by atoms with Gasteiger partial charge in [0.2, 0.25) is 0 Å². The van der Waals surface area contributed by atoms with Gasteiger partial charge in [0.1, 0.15) is 0 Å². The van der Waals surface area contributed by atoms with Crippen LogP contribution >= 0.6 is 11.3 Å². The van der Waals surface area contributed by atoms with Gasteiger partial charge in [0.15, 0.2) is 0 Å². The first-order valence-electron chi connectivity index (χ1n) is 6.46. The Morgan fingerprint density at radius 3 is 2.45 bits per heavy atom. The molecule has 5 heteroatoms. The van der Waals surface area contributed by atoms with Crippen LogP contribution in [-0.4, -0.2) is 4.92 Å². The first-order valence-corrected chi connectivity index (χ1v) is 7.28. The largest absolute Gasteiger partial charge is 0.378 e. The fraction of sp³-hybridized carbons (Fsp3) is 0.333. The molecule has 1 N–H and O–H groups in total. The quantitative estimate of drug-likeness (QED) is 0.652. The number of hydrogen-bond donors (Lipinski definition) is 1. The zero-order valence-corrected chi connectivity index (χ0v) is 12.9. The van der Waals surface area contributed by atoms with E-state index in [0.29, 0.717) is 0 Å². The minimum absolute atomic E-state index is 0.123. The number of nitrogens with one attached hydrogen (secondary N) is 1. The van der Waals surface area contributed by atoms with Gasteiger partial charge in [0.25, 0.3) is 5.69 Å². The summed E-state index contributed by atoms with van der Waals surface area (Å²) in [6.45, 7) is 8.13. The molecule has 0 spiro atoms. The molecule has 2 rings (SSSR count). The molecular formula is C15H18N2O2S. The van der Waals surface area contributed by atoms with Crippen LogP contribution in [0.5, 0.6) is 0 Å². The van der Waals surface area contributed by atoms with Crippen LogP contribution in [0.1, 0.15) is 33.8 Å². The predicted octanol–water partition coefficient (Wildman–Crippen LogP) is 4.75. The predicted molar refractivity (Wildman–Crippen MR) is 83.7 cm³/mol. The molecule has 2 aromatic rings. The van der Waals surface area contributed by atoms with Gasteiger partial charge in [-0.25, -0.2) is 0 Å². The van der Waals surface area contributed by atoms with Gasteiger partial charge < -0.3 is 5.32 Å². The van der Waals surface area contributed by atoms with E-state index in [9.17, 15) is 10.1 Å². The second-order valence-electron chi connectivity index (χ2n) is 5.05. The van der Waals surface area contributed by atoms with Crippen molar-refractivity contribution in [1.82, 2.24) is 0 Å². The smallest absolute Gasteiger partial charge is 0.271 e. The molecule has 0 saturated heterocycles. The molecular weight excluding hydrogens is 272 g/mol. The molecule has 0 aliphatic heterocycles. The van der Waals surface area contributed by atoms with E-state index in [1.54, 1.807) is 23.5 Å². The van der Waals surface area contributed by atoms with E-state index in [2.05, 4.69) is 32.2 Å². The SMILES string of the molecule is Cc1cc(NC(C)c2cc(C)sc2C)cc([N+](=O)[O-])c1. The van der Waals surface area contributed by atoms with Gasteiger partial charge in [0.05, 0.1) is 4.92 Å². The van der Waals surface area contributed by atoms with Gasteiger partial charge in [-0.05, 0) is 51.0 Å². The second kappa shape index (κ2) is 5.63. The molecule has 0 aliphatic carbocycles. The molecule has 1 heterocycles. The minimum Gasteiger partial charge on any atom is -0.378 e. The summed E-state index contributed by atoms with van der Waals surface area (Å²) in [6, 6.07) is 7.38. The van der Waals surface area contributed by atoms with E-state index in [1.165, 1.54) is 15.3 Å². The Morgan fingerprint density at radius 2 is 1.90 bits per heavy atom. The van der Waals surface area contributed by atoms with Crippen LogP contribution in [0.4, 0.5) is 11.4 Å². The van der Waals surface area contributed by atoms with Crippen molar-refractivity contribution in [2.45, 2.75) is 33.7 Å². The maximum atomic E-state index is 10.9. The molecule has 0 radical (unpaired) electrons. The average molecular weight is 290 g/mol. The van der Waals surface area contributed by atoms with E-state index in [4.69, 9.17) is 0 Å². The van der Waals surface area contributed by atoms with Crippen molar-refractivity contribution in [3.05, 3.63) is 55.3 Å². The third-order valence-corrected chi connectivity index (χ3v) is 4.18. The van der Waals surface area contributed by atoms with Crippen LogP contribution in [0.2, 0.25) is 0 Å². The molecule has 1 aromatic heterocycles. The highest BCUT2D eigenvalue weighted by molar-refractivity contribution is 7.12. The van der Waals surface area contributed by atoms with Crippen LogP contribution in [0.15, 0.2) is 24.3 Å². The summed E-state index contributed by atoms with van der Waals surface area (Å²) in [4.78, 5) is 13.1. The summed E-state index contributed by atoms with van der Waals surface area (Å²) in [5, 5.41) is 14.2. The number of anilines is 1. The Hall–Kier alpha value is -1.88. The molecule has 1 unspecified atom stereocenters. The van der Waals surface area contributed by atoms with Crippen molar-refractivity contribution in [3.63, 3.8) is 0 Å². The van der Waals surface area contributed by atoms with E-state index >= 15 is 0 Å². The Labute approximate surface area is 122 Å². The number of nitro benzene ring substituents is 1. The number of aryl methyl sites for hydroxylation is 3. The first-order chi connectivity index (χ1) is 9.36. The van der Waals surface area contributed by atoms with Crippen molar-refractivity contribution >= 4 is 22.7 Å². The molecule has 0 fully saturated rings. The molecule has 20 heavy (non-hydrogen) atoms. The van der Waals surface area contributed by atoms with E-state index in [-0.39, 0.29) is 16.7 Å². The van der Waals surface area contributed by atoms with Crippen molar-refractivity contribution in [1.29, 1.82) is 0 Å². The summed E-state index contributed by atoms with van der Waals surface area (Å²) in [5.74, 6) is 0. The van der Waals surface area contributed by atoms with Crippen LogP contribution in [0.25, 0.3) is 0 Å². The minimum atomic E-state index is -0.358. The lowest BCUT2D eigenvalue weighted by molar-refractivity contribution is -0.384. The molecule has 1 atom stereocenters. The number of thiophene rings is 1. The van der Waals surface area contributed by atoms with Gasteiger partial charge in [-0.3, -0.25) is 10.1 Å². The molecule has 106 valence electrons. The number of hydrogen-bond acceptors (Lipinski definition) is 4. The fourth-order valence-corrected chi connectivity index (χ4v) is 3.38. The molecule has 4 nitrogen and oxygen atoms in total. The van der Waals surface area contributed by atoms with Crippen LogP contribution in [0.3, 0.4) is 0 Å². The lowest BCUT2D eigenvalue weighted by atomic mass is 10.1. The summed E-state index contributed by atoms with van der Waals surface area (Å²) in [5.41, 5.74) is 3.04. The summed E-state index contributed by atoms with van der Waals surface area (Å²) in [6.07, 6.45) is 0. The zero-order chi connectivity index (χ0) is 14.9. The van der Waals surface area contributed by atoms with Crippen molar-refractivity contribution < 1.29 is 4.92 Å². The normalized spacial score (nSPS) is 12.2. The first kappa shape index (κ1) is 14.5. The standard InChI is InChI=1S/C15H18N2O2S/c1-9-5-13(8-14(6-9)17(18)19)16-11(3)15-7-10(2)20-12(15)4/h5-8,11,16H,1-4H3. The maximum absolute atomic E-state index is 10.9. The number of rotatable bonds is 4. The molecule has 0 bridgehead atoms. The lowest BCUT2D eigenvalue weighted by Crippen LogP contribution is -2.07. The third kappa shape index (κ3) is 3.17. The van der Waals surface area contributed by atoms with Gasteiger partial charge in [-0.15, -0.1) is 11.3 Å². The van der Waals surface area contributed by atoms with Gasteiger partial charge in [0, 0.05) is 33.6 Å². The fourth-order valence-electron chi connectivity index (χ4n) is 2.36. The number of nitrogens with zero attached hydrogens (tertiary/aromatic N) is 1. The Morgan fingerprint density at radius 1 is 1.20 bits per heavy atom. The average Bonchev–Trinajstić information content (AvgIpc) is 2.67. The van der Waals surface area contributed by atoms with Crippen molar-refractivity contribution in [2.24, 2.45) is 0 Å². The number of non-ortho nitro benzene ring substituents is 1. The second-order valence-corrected chi connectivity index (χ2v) is 6.51. The van der Waals surface area contributed by atoms with E-state index in [1.807, 2.05) is 13.0 Å². The van der Waals surface area contributed by atoms with Crippen LogP contribution in [-0.2, 0) is 0 Å². The summed E-state index contributed by atoms with van der Waals surface area (Å²) >= 11 is 1.77. The molecule has 0 amide bonds. The Balaban J connectivity index is 2.25. The highest BCUT2D eigenvalue weighted by atomic mass is 32.1. The highest BCUT2D eigenvalue weighted by Gasteiger charge is 2.13. The monoisotopic (exact) mass is 290 g/mol. The third-order valence-electron chi connectivity index (χ3n) is 3.20. The summed E-state index contributed by atoms with van der Waals surface area (Å²) < 4.78 is 0. The lowest BCUT2D eigenvalue weighted by Gasteiger charge is -2.15. The van der Waals surface area contributed by atoms with Crippen LogP contribution in [0, 0.1) is 30.9 Å². The summed E-state index contributed by atoms with van der Waals surface area (Å²) in [7, 11) is 0. The number of nitro groups is 1. The molecule has 0 aliphatic rings. The molecule has 0 saturated carbocycles. The highest BCUT2D eigenvalue weighted by Crippen LogP contribution is 2.30. The zero-order valence-electron chi connectivity index (χ0n) is 12.1. The van der Waals surface area contributed by atoms with E-state index < -0.39 is 0 Å². The van der Waals surface area contributed by atoms with Crippen molar-refractivity contribution in [3.8, 4) is 0 Å². The topological polar surface area (TPSA) is 55.2 Å². The number of benzene rings is 1.